The fraction of sp³-hybridized carbons (Fsp3) is 0.250. The molecule has 0 aliphatic carbocycles. The van der Waals surface area contributed by atoms with Gasteiger partial charge in [0.2, 0.25) is 0 Å². The second kappa shape index (κ2) is 4.39. The van der Waals surface area contributed by atoms with Crippen LogP contribution in [-0.2, 0) is 9.59 Å². The molecular weight excluding hydrogens is 212 g/mol. The number of carboxylic acids is 1. The zero-order valence-corrected chi connectivity index (χ0v) is 8.14. The highest BCUT2D eigenvalue weighted by Crippen LogP contribution is 2.29. The van der Waals surface area contributed by atoms with Crippen LogP contribution in [0.2, 0.25) is 4.34 Å². The predicted octanol–water partition coefficient (Wildman–Crippen LogP) is 2.16. The quantitative estimate of drug-likeness (QED) is 0.788. The molecule has 1 heterocycles. The van der Waals surface area contributed by atoms with E-state index in [-0.39, 0.29) is 6.42 Å². The first-order chi connectivity index (χ1) is 6.15. The van der Waals surface area contributed by atoms with E-state index in [1.54, 1.807) is 12.1 Å². The first-order valence-electron chi connectivity index (χ1n) is 3.57. The van der Waals surface area contributed by atoms with E-state index in [0.717, 1.165) is 0 Å². The molecule has 0 amide bonds. The molecule has 1 aromatic heterocycles. The third-order valence-corrected chi connectivity index (χ3v) is 2.91. The second-order valence-electron chi connectivity index (χ2n) is 2.44. The van der Waals surface area contributed by atoms with Gasteiger partial charge < -0.3 is 9.90 Å². The molecule has 3 nitrogen and oxygen atoms in total. The Morgan fingerprint density at radius 2 is 2.38 bits per heavy atom. The summed E-state index contributed by atoms with van der Waals surface area (Å²) in [6, 6.07) is 3.26. The molecule has 0 bridgehead atoms. The second-order valence-corrected chi connectivity index (χ2v) is 4.18. The van der Waals surface area contributed by atoms with Crippen molar-refractivity contribution < 1.29 is 14.7 Å². The number of carboxylic acid groups (broad SMARTS) is 1. The van der Waals surface area contributed by atoms with E-state index in [4.69, 9.17) is 16.7 Å². The lowest BCUT2D eigenvalue weighted by molar-refractivity contribution is -0.139. The average molecular weight is 219 g/mol. The molecule has 1 atom stereocenters. The van der Waals surface area contributed by atoms with Crippen LogP contribution in [0.25, 0.3) is 0 Å². The number of halogens is 1. The van der Waals surface area contributed by atoms with Gasteiger partial charge in [-0.25, -0.2) is 0 Å². The van der Waals surface area contributed by atoms with Gasteiger partial charge in [0, 0.05) is 11.3 Å². The van der Waals surface area contributed by atoms with Gasteiger partial charge in [-0.05, 0) is 12.1 Å². The maximum atomic E-state index is 10.7. The average Bonchev–Trinajstić information content (AvgIpc) is 2.46. The number of rotatable bonds is 4. The summed E-state index contributed by atoms with van der Waals surface area (Å²) < 4.78 is 0.534. The third-order valence-electron chi connectivity index (χ3n) is 1.57. The van der Waals surface area contributed by atoms with Gasteiger partial charge in [0.25, 0.3) is 0 Å². The monoisotopic (exact) mass is 218 g/mol. The summed E-state index contributed by atoms with van der Waals surface area (Å²) in [5.41, 5.74) is 0. The number of aliphatic carboxylic acids is 1. The van der Waals surface area contributed by atoms with E-state index < -0.39 is 11.9 Å². The summed E-state index contributed by atoms with van der Waals surface area (Å²) >= 11 is 6.84. The van der Waals surface area contributed by atoms with Crippen LogP contribution in [0, 0.1) is 0 Å². The zero-order valence-electron chi connectivity index (χ0n) is 6.57. The fourth-order valence-electron chi connectivity index (χ4n) is 0.950. The third kappa shape index (κ3) is 2.54. The van der Waals surface area contributed by atoms with Crippen molar-refractivity contribution >= 4 is 35.2 Å². The SMILES string of the molecule is O=CCC(C(=O)O)c1ccc(Cl)s1. The Kier molecular flexibility index (Phi) is 3.45. The first-order valence-corrected chi connectivity index (χ1v) is 4.76. The summed E-state index contributed by atoms with van der Waals surface area (Å²) in [5.74, 6) is -1.75. The van der Waals surface area contributed by atoms with Crippen LogP contribution in [-0.4, -0.2) is 17.4 Å². The number of aldehydes is 1. The maximum Gasteiger partial charge on any atom is 0.312 e. The van der Waals surface area contributed by atoms with Crippen molar-refractivity contribution in [3.8, 4) is 0 Å². The van der Waals surface area contributed by atoms with Crippen LogP contribution in [0.1, 0.15) is 17.2 Å². The molecule has 0 saturated carbocycles. The molecule has 0 saturated heterocycles. The molecule has 5 heteroatoms. The molecule has 0 spiro atoms. The largest absolute Gasteiger partial charge is 0.481 e. The number of hydrogen-bond acceptors (Lipinski definition) is 3. The smallest absolute Gasteiger partial charge is 0.312 e. The first kappa shape index (κ1) is 10.2. The summed E-state index contributed by atoms with van der Waals surface area (Å²) in [7, 11) is 0. The van der Waals surface area contributed by atoms with Crippen molar-refractivity contribution in [3.63, 3.8) is 0 Å². The fourth-order valence-corrected chi connectivity index (χ4v) is 2.12. The lowest BCUT2D eigenvalue weighted by Gasteiger charge is -2.04. The van der Waals surface area contributed by atoms with E-state index in [9.17, 15) is 9.59 Å². The lowest BCUT2D eigenvalue weighted by atomic mass is 10.1. The van der Waals surface area contributed by atoms with Crippen molar-refractivity contribution in [1.29, 1.82) is 0 Å². The summed E-state index contributed by atoms with van der Waals surface area (Å²) in [6.07, 6.45) is 0.596. The molecule has 1 unspecified atom stereocenters. The molecule has 0 aromatic carbocycles. The van der Waals surface area contributed by atoms with E-state index >= 15 is 0 Å². The normalized spacial score (nSPS) is 12.4. The number of carbonyl (C=O) groups is 2. The number of thiophene rings is 1. The van der Waals surface area contributed by atoms with E-state index in [1.807, 2.05) is 0 Å². The molecular formula is C8H7ClO3S. The van der Waals surface area contributed by atoms with Crippen molar-refractivity contribution in [2.45, 2.75) is 12.3 Å². The molecule has 1 aromatic rings. The van der Waals surface area contributed by atoms with Crippen molar-refractivity contribution in [3.05, 3.63) is 21.3 Å². The number of hydrogen-bond donors (Lipinski definition) is 1. The van der Waals surface area contributed by atoms with Gasteiger partial charge in [-0.3, -0.25) is 4.79 Å². The summed E-state index contributed by atoms with van der Waals surface area (Å²) in [6.45, 7) is 0. The van der Waals surface area contributed by atoms with E-state index in [1.165, 1.54) is 11.3 Å². The molecule has 70 valence electrons. The van der Waals surface area contributed by atoms with Crippen molar-refractivity contribution in [2.75, 3.05) is 0 Å². The Bertz CT molecular complexity index is 321. The van der Waals surface area contributed by atoms with E-state index in [2.05, 4.69) is 0 Å². The minimum atomic E-state index is -0.995. The Morgan fingerprint density at radius 3 is 2.77 bits per heavy atom. The predicted molar refractivity (Wildman–Crippen MR) is 50.4 cm³/mol. The zero-order chi connectivity index (χ0) is 9.84. The molecule has 13 heavy (non-hydrogen) atoms. The topological polar surface area (TPSA) is 54.4 Å². The highest BCUT2D eigenvalue weighted by atomic mass is 35.5. The molecule has 1 N–H and O–H groups in total. The molecule has 0 aliphatic heterocycles. The van der Waals surface area contributed by atoms with Crippen molar-refractivity contribution in [1.82, 2.24) is 0 Å². The van der Waals surface area contributed by atoms with Gasteiger partial charge in [-0.1, -0.05) is 11.6 Å². The summed E-state index contributed by atoms with van der Waals surface area (Å²) in [4.78, 5) is 21.5. The van der Waals surface area contributed by atoms with Gasteiger partial charge in [0.15, 0.2) is 0 Å². The van der Waals surface area contributed by atoms with Crippen LogP contribution in [0.4, 0.5) is 0 Å². The Labute approximate surface area is 84.0 Å². The van der Waals surface area contributed by atoms with E-state index in [0.29, 0.717) is 15.5 Å². The van der Waals surface area contributed by atoms with Crippen LogP contribution < -0.4 is 0 Å². The standard InChI is InChI=1S/C8H7ClO3S/c9-7-2-1-6(13-7)5(3-4-10)8(11)12/h1-2,4-5H,3H2,(H,11,12). The van der Waals surface area contributed by atoms with Crippen molar-refractivity contribution in [2.24, 2.45) is 0 Å². The number of carbonyl (C=O) groups excluding carboxylic acids is 1. The van der Waals surface area contributed by atoms with Gasteiger partial charge in [-0.2, -0.15) is 0 Å². The lowest BCUT2D eigenvalue weighted by Crippen LogP contribution is -2.10. The molecule has 0 fully saturated rings. The van der Waals surface area contributed by atoms with Crippen LogP contribution in [0.15, 0.2) is 12.1 Å². The van der Waals surface area contributed by atoms with Gasteiger partial charge >= 0.3 is 5.97 Å². The van der Waals surface area contributed by atoms with Crippen LogP contribution in [0.5, 0.6) is 0 Å². The highest BCUT2D eigenvalue weighted by Gasteiger charge is 2.20. The Balaban J connectivity index is 2.87. The van der Waals surface area contributed by atoms with Crippen LogP contribution >= 0.6 is 22.9 Å². The molecule has 1 rings (SSSR count). The minimum Gasteiger partial charge on any atom is -0.481 e. The van der Waals surface area contributed by atoms with Crippen LogP contribution in [0.3, 0.4) is 0 Å². The maximum absolute atomic E-state index is 10.7. The highest BCUT2D eigenvalue weighted by molar-refractivity contribution is 7.16. The van der Waals surface area contributed by atoms with Gasteiger partial charge in [0.1, 0.15) is 6.29 Å². The minimum absolute atomic E-state index is 0.00776. The Morgan fingerprint density at radius 1 is 1.69 bits per heavy atom. The summed E-state index contributed by atoms with van der Waals surface area (Å²) in [5, 5.41) is 8.77. The molecule has 0 radical (unpaired) electrons. The van der Waals surface area contributed by atoms with Gasteiger partial charge in [-0.15, -0.1) is 11.3 Å². The molecule has 0 aliphatic rings. The Hall–Kier alpha value is -0.870. The van der Waals surface area contributed by atoms with Gasteiger partial charge in [0.05, 0.1) is 10.3 Å².